The standard InChI is InChI=1S/C21H22N4O2/c1-25(2)20-8-4-5-17-18(20)6-3-7-19(17)23-22-16-12-9-15(10-13-16)11-14-21(26)24-27/h3-14,22-23,27H,1-2H3,(H,24,26)/b14-11+. The van der Waals surface area contributed by atoms with Crippen molar-refractivity contribution in [1.29, 1.82) is 0 Å². The molecule has 4 N–H and O–H groups in total. The molecule has 6 nitrogen and oxygen atoms in total. The van der Waals surface area contributed by atoms with Crippen molar-refractivity contribution in [1.82, 2.24) is 5.48 Å². The molecule has 3 aromatic rings. The number of nitrogens with one attached hydrogen (secondary N) is 3. The summed E-state index contributed by atoms with van der Waals surface area (Å²) in [6.45, 7) is 0. The molecule has 0 saturated heterocycles. The number of carbonyl (C=O) groups excluding carboxylic acids is 1. The molecule has 3 aromatic carbocycles. The molecule has 0 aliphatic heterocycles. The van der Waals surface area contributed by atoms with Gasteiger partial charge in [0.1, 0.15) is 0 Å². The Hall–Kier alpha value is -3.51. The van der Waals surface area contributed by atoms with Crippen LogP contribution in [0.3, 0.4) is 0 Å². The molecule has 0 aromatic heterocycles. The molecule has 3 rings (SSSR count). The first-order valence-electron chi connectivity index (χ1n) is 8.52. The number of benzene rings is 3. The molecule has 0 atom stereocenters. The van der Waals surface area contributed by atoms with Crippen molar-refractivity contribution in [2.75, 3.05) is 29.8 Å². The summed E-state index contributed by atoms with van der Waals surface area (Å²) in [6.07, 6.45) is 2.88. The van der Waals surface area contributed by atoms with Crippen LogP contribution in [0.1, 0.15) is 5.56 Å². The van der Waals surface area contributed by atoms with E-state index in [9.17, 15) is 4.79 Å². The van der Waals surface area contributed by atoms with E-state index >= 15 is 0 Å². The Bertz CT molecular complexity index is 966. The van der Waals surface area contributed by atoms with Crippen molar-refractivity contribution in [3.63, 3.8) is 0 Å². The fourth-order valence-corrected chi connectivity index (χ4v) is 2.82. The van der Waals surface area contributed by atoms with Gasteiger partial charge in [0.25, 0.3) is 5.91 Å². The summed E-state index contributed by atoms with van der Waals surface area (Å²) in [5.74, 6) is -0.563. The van der Waals surface area contributed by atoms with Gasteiger partial charge in [0.2, 0.25) is 0 Å². The van der Waals surface area contributed by atoms with Gasteiger partial charge in [-0.25, -0.2) is 5.48 Å². The van der Waals surface area contributed by atoms with Crippen LogP contribution in [0.25, 0.3) is 16.8 Å². The van der Waals surface area contributed by atoms with Gasteiger partial charge in [0.05, 0.1) is 11.4 Å². The number of hydroxylamine groups is 1. The Morgan fingerprint density at radius 1 is 0.926 bits per heavy atom. The summed E-state index contributed by atoms with van der Waals surface area (Å²) in [5, 5.41) is 10.8. The molecule has 0 aliphatic carbocycles. The highest BCUT2D eigenvalue weighted by Crippen LogP contribution is 2.30. The maximum absolute atomic E-state index is 11.0. The highest BCUT2D eigenvalue weighted by molar-refractivity contribution is 6.01. The Morgan fingerprint density at radius 2 is 1.63 bits per heavy atom. The van der Waals surface area contributed by atoms with Crippen LogP contribution in [-0.4, -0.2) is 25.2 Å². The number of anilines is 3. The SMILES string of the molecule is CN(C)c1cccc2c(NNc3ccc(/C=C/C(=O)NO)cc3)cccc12. The molecule has 27 heavy (non-hydrogen) atoms. The summed E-state index contributed by atoms with van der Waals surface area (Å²) in [4.78, 5) is 13.1. The van der Waals surface area contributed by atoms with E-state index in [2.05, 4.69) is 34.0 Å². The highest BCUT2D eigenvalue weighted by Gasteiger charge is 2.06. The third-order valence-corrected chi connectivity index (χ3v) is 4.17. The van der Waals surface area contributed by atoms with Crippen LogP contribution in [0, 0.1) is 0 Å². The van der Waals surface area contributed by atoms with E-state index < -0.39 is 5.91 Å². The van der Waals surface area contributed by atoms with Gasteiger partial charge >= 0.3 is 0 Å². The number of amides is 1. The number of fused-ring (bicyclic) bond motifs is 1. The predicted octanol–water partition coefficient (Wildman–Crippen LogP) is 3.86. The Labute approximate surface area is 158 Å². The lowest BCUT2D eigenvalue weighted by Gasteiger charge is -2.18. The average molecular weight is 362 g/mol. The van der Waals surface area contributed by atoms with Crippen molar-refractivity contribution in [3.05, 3.63) is 72.3 Å². The van der Waals surface area contributed by atoms with Gasteiger partial charge in [-0.2, -0.15) is 0 Å². The third-order valence-electron chi connectivity index (χ3n) is 4.17. The second-order valence-electron chi connectivity index (χ2n) is 6.25. The first-order valence-corrected chi connectivity index (χ1v) is 8.52. The van der Waals surface area contributed by atoms with Gasteiger partial charge in [-0.1, -0.05) is 36.4 Å². The monoisotopic (exact) mass is 362 g/mol. The summed E-state index contributed by atoms with van der Waals surface area (Å²) < 4.78 is 0. The lowest BCUT2D eigenvalue weighted by atomic mass is 10.1. The van der Waals surface area contributed by atoms with E-state index in [0.717, 1.165) is 22.3 Å². The molecule has 0 heterocycles. The molecule has 0 aliphatic rings. The zero-order chi connectivity index (χ0) is 19.2. The first kappa shape index (κ1) is 18.3. The van der Waals surface area contributed by atoms with Crippen LogP contribution in [0.2, 0.25) is 0 Å². The third kappa shape index (κ3) is 4.37. The number of hydrogen-bond acceptors (Lipinski definition) is 5. The minimum Gasteiger partial charge on any atom is -0.377 e. The smallest absolute Gasteiger partial charge is 0.267 e. The van der Waals surface area contributed by atoms with E-state index in [1.165, 1.54) is 17.1 Å². The maximum atomic E-state index is 11.0. The minimum absolute atomic E-state index is 0.563. The summed E-state index contributed by atoms with van der Waals surface area (Å²) in [7, 11) is 4.07. The van der Waals surface area contributed by atoms with Gasteiger partial charge in [0.15, 0.2) is 0 Å². The summed E-state index contributed by atoms with van der Waals surface area (Å²) in [5.41, 5.74) is 11.9. The molecule has 0 unspecified atom stereocenters. The largest absolute Gasteiger partial charge is 0.377 e. The van der Waals surface area contributed by atoms with Crippen LogP contribution >= 0.6 is 0 Å². The molecule has 0 bridgehead atoms. The average Bonchev–Trinajstić information content (AvgIpc) is 2.70. The van der Waals surface area contributed by atoms with Crippen LogP contribution in [0.5, 0.6) is 0 Å². The number of rotatable bonds is 6. The molecule has 138 valence electrons. The number of carbonyl (C=O) groups is 1. The fraction of sp³-hybridized carbons (Fsp3) is 0.0952. The Morgan fingerprint density at radius 3 is 2.33 bits per heavy atom. The second kappa shape index (κ2) is 8.25. The topological polar surface area (TPSA) is 76.6 Å². The van der Waals surface area contributed by atoms with Crippen LogP contribution < -0.4 is 21.2 Å². The van der Waals surface area contributed by atoms with Gasteiger partial charge in [0, 0.05) is 36.6 Å². The first-order chi connectivity index (χ1) is 13.1. The van der Waals surface area contributed by atoms with Crippen LogP contribution in [0.15, 0.2) is 66.7 Å². The van der Waals surface area contributed by atoms with E-state index in [1.54, 1.807) is 11.6 Å². The minimum atomic E-state index is -0.563. The predicted molar refractivity (Wildman–Crippen MR) is 111 cm³/mol. The molecule has 0 spiro atoms. The number of hydrogen-bond donors (Lipinski definition) is 4. The van der Waals surface area contributed by atoms with Crippen molar-refractivity contribution < 1.29 is 10.0 Å². The number of nitrogens with zero attached hydrogens (tertiary/aromatic N) is 1. The Kier molecular flexibility index (Phi) is 5.58. The molecular formula is C21H22N4O2. The van der Waals surface area contributed by atoms with Gasteiger partial charge < -0.3 is 15.8 Å². The lowest BCUT2D eigenvalue weighted by Crippen LogP contribution is -2.14. The normalized spacial score (nSPS) is 10.8. The number of hydrazine groups is 1. The molecule has 6 heteroatoms. The molecule has 0 fully saturated rings. The van der Waals surface area contributed by atoms with Gasteiger partial charge in [-0.3, -0.25) is 10.0 Å². The van der Waals surface area contributed by atoms with E-state index in [-0.39, 0.29) is 0 Å². The Balaban J connectivity index is 1.74. The molecule has 0 saturated carbocycles. The summed E-state index contributed by atoms with van der Waals surface area (Å²) >= 11 is 0. The van der Waals surface area contributed by atoms with Crippen LogP contribution in [0.4, 0.5) is 17.1 Å². The molecular weight excluding hydrogens is 340 g/mol. The van der Waals surface area contributed by atoms with Gasteiger partial charge in [-0.05, 0) is 35.9 Å². The van der Waals surface area contributed by atoms with Crippen molar-refractivity contribution in [3.8, 4) is 0 Å². The zero-order valence-corrected chi connectivity index (χ0v) is 15.2. The summed E-state index contributed by atoms with van der Waals surface area (Å²) in [6, 6.07) is 20.0. The quantitative estimate of drug-likeness (QED) is 0.304. The van der Waals surface area contributed by atoms with Crippen molar-refractivity contribution >= 4 is 39.8 Å². The van der Waals surface area contributed by atoms with Crippen LogP contribution in [-0.2, 0) is 4.79 Å². The van der Waals surface area contributed by atoms with Crippen molar-refractivity contribution in [2.24, 2.45) is 0 Å². The zero-order valence-electron chi connectivity index (χ0n) is 15.2. The van der Waals surface area contributed by atoms with E-state index in [1.807, 2.05) is 56.6 Å². The molecule has 1 amide bonds. The van der Waals surface area contributed by atoms with Gasteiger partial charge in [-0.15, -0.1) is 0 Å². The van der Waals surface area contributed by atoms with Crippen molar-refractivity contribution in [2.45, 2.75) is 0 Å². The van der Waals surface area contributed by atoms with E-state index in [0.29, 0.717) is 0 Å². The lowest BCUT2D eigenvalue weighted by molar-refractivity contribution is -0.124. The highest BCUT2D eigenvalue weighted by atomic mass is 16.5. The fourth-order valence-electron chi connectivity index (χ4n) is 2.82. The van der Waals surface area contributed by atoms with E-state index in [4.69, 9.17) is 5.21 Å². The second-order valence-corrected chi connectivity index (χ2v) is 6.25. The maximum Gasteiger partial charge on any atom is 0.267 e. The molecule has 0 radical (unpaired) electrons.